The molecule has 1 heterocycles. The van der Waals surface area contributed by atoms with Gasteiger partial charge in [-0.1, -0.05) is 23.8 Å². The third kappa shape index (κ3) is 5.05. The van der Waals surface area contributed by atoms with Gasteiger partial charge in [0.25, 0.3) is 0 Å². The summed E-state index contributed by atoms with van der Waals surface area (Å²) in [6.07, 6.45) is 5.67. The molecule has 1 aromatic heterocycles. The second-order valence-corrected chi connectivity index (χ2v) is 5.89. The highest BCUT2D eigenvalue weighted by Crippen LogP contribution is 2.37. The summed E-state index contributed by atoms with van der Waals surface area (Å²) in [6.45, 7) is 4.00. The van der Waals surface area contributed by atoms with Gasteiger partial charge in [-0.05, 0) is 38.1 Å². The number of anilines is 1. The molecule has 6 heteroatoms. The number of hydrogen-bond donors (Lipinski definition) is 1. The third-order valence-corrected chi connectivity index (χ3v) is 4.07. The molecule has 0 bridgehead atoms. The predicted molar refractivity (Wildman–Crippen MR) is 111 cm³/mol. The minimum Gasteiger partial charge on any atom is -0.493 e. The zero-order chi connectivity index (χ0) is 19.8. The van der Waals surface area contributed by atoms with Crippen molar-refractivity contribution in [3.05, 3.63) is 59.8 Å². The molecule has 0 aliphatic heterocycles. The minimum absolute atomic E-state index is 0.445. The number of allylic oxidation sites excluding steroid dienone is 2. The number of methoxy groups -OCH3 is 2. The highest BCUT2D eigenvalue weighted by Gasteiger charge is 2.11. The van der Waals surface area contributed by atoms with Crippen molar-refractivity contribution in [1.29, 1.82) is 0 Å². The minimum atomic E-state index is 0.445. The first-order chi connectivity index (χ1) is 13.0. The standard InChI is InChI=1S/C17H15ClN2O3.C4H8/c1-21-16-8-11-14(9-17(16)22-2)20-6-5-15(11)23-10-3-4-13(19)12(18)7-10;1-3-4-2/h3-9H,19H2,1-2H3;3-4H,1-2H3/b;4-3-. The van der Waals surface area contributed by atoms with E-state index in [0.717, 1.165) is 10.9 Å². The van der Waals surface area contributed by atoms with E-state index < -0.39 is 0 Å². The fourth-order valence-electron chi connectivity index (χ4n) is 2.23. The molecule has 3 rings (SSSR count). The first kappa shape index (κ1) is 20.4. The first-order valence-electron chi connectivity index (χ1n) is 8.35. The van der Waals surface area contributed by atoms with Crippen molar-refractivity contribution in [1.82, 2.24) is 4.98 Å². The Balaban J connectivity index is 0.000000596. The van der Waals surface area contributed by atoms with Crippen molar-refractivity contribution in [2.75, 3.05) is 20.0 Å². The first-order valence-corrected chi connectivity index (χ1v) is 8.72. The van der Waals surface area contributed by atoms with Gasteiger partial charge in [-0.3, -0.25) is 4.98 Å². The van der Waals surface area contributed by atoms with Crippen molar-refractivity contribution >= 4 is 28.2 Å². The number of rotatable bonds is 4. The maximum atomic E-state index is 6.03. The van der Waals surface area contributed by atoms with Crippen LogP contribution in [0, 0.1) is 0 Å². The molecule has 0 radical (unpaired) electrons. The van der Waals surface area contributed by atoms with E-state index in [1.807, 2.05) is 32.1 Å². The van der Waals surface area contributed by atoms with E-state index in [1.165, 1.54) is 0 Å². The van der Waals surface area contributed by atoms with Gasteiger partial charge in [-0.15, -0.1) is 0 Å². The van der Waals surface area contributed by atoms with Gasteiger partial charge in [-0.2, -0.15) is 0 Å². The Kier molecular flexibility index (Phi) is 7.32. The smallest absolute Gasteiger partial charge is 0.162 e. The van der Waals surface area contributed by atoms with Gasteiger partial charge >= 0.3 is 0 Å². The summed E-state index contributed by atoms with van der Waals surface area (Å²) in [6, 6.07) is 10.5. The van der Waals surface area contributed by atoms with Crippen LogP contribution in [-0.4, -0.2) is 19.2 Å². The summed E-state index contributed by atoms with van der Waals surface area (Å²) in [7, 11) is 3.17. The van der Waals surface area contributed by atoms with Gasteiger partial charge in [0.1, 0.15) is 11.5 Å². The molecule has 5 nitrogen and oxygen atoms in total. The number of fused-ring (bicyclic) bond motifs is 1. The molecule has 0 spiro atoms. The second kappa shape index (κ2) is 9.69. The van der Waals surface area contributed by atoms with Crippen LogP contribution < -0.4 is 19.9 Å². The zero-order valence-corrected chi connectivity index (χ0v) is 16.6. The average Bonchev–Trinajstić information content (AvgIpc) is 2.70. The van der Waals surface area contributed by atoms with Crippen LogP contribution in [0.15, 0.2) is 54.7 Å². The molecule has 2 aromatic carbocycles. The van der Waals surface area contributed by atoms with Crippen LogP contribution in [0.3, 0.4) is 0 Å². The summed E-state index contributed by atoms with van der Waals surface area (Å²) in [4.78, 5) is 4.34. The monoisotopic (exact) mass is 386 g/mol. The lowest BCUT2D eigenvalue weighted by molar-refractivity contribution is 0.355. The molecule has 0 aliphatic rings. The summed E-state index contributed by atoms with van der Waals surface area (Å²) in [5, 5.41) is 1.25. The molecule has 0 aliphatic carbocycles. The van der Waals surface area contributed by atoms with Gasteiger partial charge in [0.05, 0.1) is 30.4 Å². The Bertz CT molecular complexity index is 938. The van der Waals surface area contributed by atoms with Crippen molar-refractivity contribution in [2.24, 2.45) is 0 Å². The molecule has 27 heavy (non-hydrogen) atoms. The van der Waals surface area contributed by atoms with Gasteiger partial charge in [0, 0.05) is 23.7 Å². The fraction of sp³-hybridized carbons (Fsp3) is 0.190. The van der Waals surface area contributed by atoms with Gasteiger partial charge in [-0.25, -0.2) is 0 Å². The van der Waals surface area contributed by atoms with Gasteiger partial charge in [0.2, 0.25) is 0 Å². The molecule has 3 aromatic rings. The molecule has 0 amide bonds. The maximum absolute atomic E-state index is 6.03. The predicted octanol–water partition coefficient (Wildman–Crippen LogP) is 5.86. The Morgan fingerprint density at radius 3 is 2.19 bits per heavy atom. The van der Waals surface area contributed by atoms with E-state index >= 15 is 0 Å². The molecule has 2 N–H and O–H groups in total. The highest BCUT2D eigenvalue weighted by atomic mass is 35.5. The maximum Gasteiger partial charge on any atom is 0.162 e. The molecule has 142 valence electrons. The van der Waals surface area contributed by atoms with E-state index in [9.17, 15) is 0 Å². The number of nitrogen functional groups attached to an aromatic ring is 1. The normalized spacial score (nSPS) is 10.4. The van der Waals surface area contributed by atoms with Crippen LogP contribution in [0.5, 0.6) is 23.0 Å². The molecular weight excluding hydrogens is 364 g/mol. The Hall–Kier alpha value is -2.92. The van der Waals surface area contributed by atoms with Crippen molar-refractivity contribution < 1.29 is 14.2 Å². The van der Waals surface area contributed by atoms with Crippen LogP contribution in [0.1, 0.15) is 13.8 Å². The number of halogens is 1. The van der Waals surface area contributed by atoms with E-state index in [-0.39, 0.29) is 0 Å². The summed E-state index contributed by atoms with van der Waals surface area (Å²) in [5.74, 6) is 2.44. The Morgan fingerprint density at radius 2 is 1.59 bits per heavy atom. The average molecular weight is 387 g/mol. The molecular formula is C21H23ClN2O3. The summed E-state index contributed by atoms with van der Waals surface area (Å²) >= 11 is 6.03. The van der Waals surface area contributed by atoms with E-state index in [4.69, 9.17) is 31.5 Å². The third-order valence-electron chi connectivity index (χ3n) is 3.74. The topological polar surface area (TPSA) is 66.6 Å². The number of ether oxygens (including phenoxy) is 3. The van der Waals surface area contributed by atoms with Crippen LogP contribution in [0.2, 0.25) is 5.02 Å². The number of nitrogens with two attached hydrogens (primary N) is 1. The SMILES string of the molecule is C/C=C\C.COc1cc2nccc(Oc3ccc(N)c(Cl)c3)c2cc1OC. The summed E-state index contributed by atoms with van der Waals surface area (Å²) < 4.78 is 16.6. The Labute approximate surface area is 164 Å². The molecule has 0 fully saturated rings. The van der Waals surface area contributed by atoms with E-state index in [1.54, 1.807) is 50.7 Å². The highest BCUT2D eigenvalue weighted by molar-refractivity contribution is 6.33. The van der Waals surface area contributed by atoms with E-state index in [2.05, 4.69) is 4.98 Å². The number of nitrogens with zero attached hydrogens (tertiary/aromatic N) is 1. The van der Waals surface area contributed by atoms with Crippen molar-refractivity contribution in [3.63, 3.8) is 0 Å². The van der Waals surface area contributed by atoms with Crippen molar-refractivity contribution in [3.8, 4) is 23.0 Å². The largest absolute Gasteiger partial charge is 0.493 e. The van der Waals surface area contributed by atoms with Crippen LogP contribution in [0.25, 0.3) is 10.9 Å². The molecule has 0 saturated heterocycles. The number of hydrogen-bond acceptors (Lipinski definition) is 5. The summed E-state index contributed by atoms with van der Waals surface area (Å²) in [5.41, 5.74) is 6.96. The molecule has 0 unspecified atom stereocenters. The number of aromatic nitrogens is 1. The van der Waals surface area contributed by atoms with Crippen LogP contribution in [-0.2, 0) is 0 Å². The van der Waals surface area contributed by atoms with Gasteiger partial charge in [0.15, 0.2) is 11.5 Å². The van der Waals surface area contributed by atoms with Gasteiger partial charge < -0.3 is 19.9 Å². The molecule has 0 saturated carbocycles. The lowest BCUT2D eigenvalue weighted by atomic mass is 10.2. The molecule has 0 atom stereocenters. The fourth-order valence-corrected chi connectivity index (χ4v) is 2.41. The number of benzene rings is 2. The lowest BCUT2D eigenvalue weighted by Crippen LogP contribution is -1.93. The van der Waals surface area contributed by atoms with Crippen LogP contribution >= 0.6 is 11.6 Å². The quantitative estimate of drug-likeness (QED) is 0.449. The zero-order valence-electron chi connectivity index (χ0n) is 15.8. The van der Waals surface area contributed by atoms with Crippen LogP contribution in [0.4, 0.5) is 5.69 Å². The Morgan fingerprint density at radius 1 is 0.926 bits per heavy atom. The lowest BCUT2D eigenvalue weighted by Gasteiger charge is -2.12. The second-order valence-electron chi connectivity index (χ2n) is 5.49. The van der Waals surface area contributed by atoms with E-state index in [0.29, 0.717) is 33.7 Å². The number of pyridine rings is 1. The van der Waals surface area contributed by atoms with Crippen molar-refractivity contribution in [2.45, 2.75) is 13.8 Å².